The number of nitro groups is 2. The minimum absolute atomic E-state index is 0.109. The van der Waals surface area contributed by atoms with Crippen molar-refractivity contribution in [3.8, 4) is 0 Å². The molecule has 0 aromatic heterocycles. The van der Waals surface area contributed by atoms with E-state index in [9.17, 15) is 29.4 Å². The zero-order valence-corrected chi connectivity index (χ0v) is 10.9. The lowest BCUT2D eigenvalue weighted by atomic mass is 10.1. The molecule has 0 radical (unpaired) electrons. The van der Waals surface area contributed by atoms with Gasteiger partial charge in [0.2, 0.25) is 0 Å². The third-order valence-electron chi connectivity index (χ3n) is 2.72. The number of rotatable bonds is 4. The van der Waals surface area contributed by atoms with Crippen molar-refractivity contribution in [1.29, 1.82) is 0 Å². The smallest absolute Gasteiger partial charge is 0.289 e. The van der Waals surface area contributed by atoms with Gasteiger partial charge in [0.1, 0.15) is 11.4 Å². The Hall–Kier alpha value is -3.36. The zero-order chi connectivity index (χ0) is 16.3. The molecule has 1 N–H and O–H groups in total. The van der Waals surface area contributed by atoms with Crippen molar-refractivity contribution in [1.82, 2.24) is 0 Å². The molecule has 0 spiro atoms. The second kappa shape index (κ2) is 5.95. The predicted octanol–water partition coefficient (Wildman–Crippen LogP) is 2.89. The lowest BCUT2D eigenvalue weighted by molar-refractivity contribution is -0.394. The molecule has 2 rings (SSSR count). The minimum atomic E-state index is -0.895. The van der Waals surface area contributed by atoms with Gasteiger partial charge in [0.15, 0.2) is 0 Å². The van der Waals surface area contributed by atoms with E-state index >= 15 is 0 Å². The lowest BCUT2D eigenvalue weighted by Crippen LogP contribution is -2.14. The van der Waals surface area contributed by atoms with Crippen LogP contribution >= 0.6 is 0 Å². The zero-order valence-electron chi connectivity index (χ0n) is 10.9. The highest BCUT2D eigenvalue weighted by Gasteiger charge is 2.24. The maximum atomic E-state index is 13.0. The summed E-state index contributed by atoms with van der Waals surface area (Å²) >= 11 is 0. The number of amides is 1. The Bertz CT molecular complexity index is 778. The number of nitrogens with zero attached hydrogens (tertiary/aromatic N) is 2. The van der Waals surface area contributed by atoms with Gasteiger partial charge in [0.05, 0.1) is 15.9 Å². The maximum absolute atomic E-state index is 13.0. The van der Waals surface area contributed by atoms with Crippen molar-refractivity contribution < 1.29 is 19.0 Å². The molecule has 0 fully saturated rings. The van der Waals surface area contributed by atoms with Gasteiger partial charge in [0, 0.05) is 11.8 Å². The van der Waals surface area contributed by atoms with Crippen LogP contribution in [0.5, 0.6) is 0 Å². The van der Waals surface area contributed by atoms with Crippen molar-refractivity contribution in [3.05, 3.63) is 74.1 Å². The molecule has 0 heterocycles. The van der Waals surface area contributed by atoms with Crippen LogP contribution in [0.4, 0.5) is 21.5 Å². The third kappa shape index (κ3) is 3.20. The Morgan fingerprint density at radius 1 is 1.05 bits per heavy atom. The molecule has 0 atom stereocenters. The van der Waals surface area contributed by atoms with Gasteiger partial charge in [0.25, 0.3) is 17.3 Å². The van der Waals surface area contributed by atoms with E-state index in [1.54, 1.807) is 0 Å². The predicted molar refractivity (Wildman–Crippen MR) is 74.1 cm³/mol. The van der Waals surface area contributed by atoms with Gasteiger partial charge >= 0.3 is 0 Å². The van der Waals surface area contributed by atoms with Crippen LogP contribution in [0.3, 0.4) is 0 Å². The van der Waals surface area contributed by atoms with Crippen LogP contribution in [-0.2, 0) is 0 Å². The Morgan fingerprint density at radius 3 is 2.36 bits per heavy atom. The molecule has 2 aromatic carbocycles. The fourth-order valence-electron chi connectivity index (χ4n) is 1.74. The summed E-state index contributed by atoms with van der Waals surface area (Å²) in [6.07, 6.45) is 0. The summed E-state index contributed by atoms with van der Waals surface area (Å²) in [5, 5.41) is 23.9. The Labute approximate surface area is 122 Å². The SMILES string of the molecule is O=C(Nc1cccc(F)c1)c1ccc([N+](=O)[O-])cc1[N+](=O)[O-]. The molecular formula is C13H8FN3O5. The largest absolute Gasteiger partial charge is 0.322 e. The highest BCUT2D eigenvalue weighted by molar-refractivity contribution is 6.07. The molecule has 0 saturated carbocycles. The van der Waals surface area contributed by atoms with E-state index < -0.39 is 32.9 Å². The first kappa shape index (κ1) is 15.0. The van der Waals surface area contributed by atoms with E-state index in [-0.39, 0.29) is 11.3 Å². The molecule has 1 amide bonds. The molecule has 0 aliphatic rings. The van der Waals surface area contributed by atoms with Gasteiger partial charge in [-0.15, -0.1) is 0 Å². The molecule has 0 aliphatic heterocycles. The monoisotopic (exact) mass is 305 g/mol. The molecular weight excluding hydrogens is 297 g/mol. The van der Waals surface area contributed by atoms with Crippen molar-refractivity contribution in [2.45, 2.75) is 0 Å². The highest BCUT2D eigenvalue weighted by atomic mass is 19.1. The second-order valence-electron chi connectivity index (χ2n) is 4.18. The molecule has 112 valence electrons. The number of anilines is 1. The summed E-state index contributed by atoms with van der Waals surface area (Å²) in [5.74, 6) is -1.46. The van der Waals surface area contributed by atoms with E-state index in [0.717, 1.165) is 18.2 Å². The average Bonchev–Trinajstić information content (AvgIpc) is 2.46. The van der Waals surface area contributed by atoms with Gasteiger partial charge in [-0.3, -0.25) is 25.0 Å². The Balaban J connectivity index is 2.36. The molecule has 0 aliphatic carbocycles. The number of nitrogens with one attached hydrogen (secondary N) is 1. The van der Waals surface area contributed by atoms with Crippen molar-refractivity contribution >= 4 is 23.0 Å². The number of hydrogen-bond donors (Lipinski definition) is 1. The molecule has 2 aromatic rings. The first-order valence-electron chi connectivity index (χ1n) is 5.88. The quantitative estimate of drug-likeness (QED) is 0.688. The van der Waals surface area contributed by atoms with E-state index in [1.807, 2.05) is 0 Å². The number of nitro benzene ring substituents is 2. The maximum Gasteiger partial charge on any atom is 0.289 e. The lowest BCUT2D eigenvalue weighted by Gasteiger charge is -2.06. The molecule has 8 nitrogen and oxygen atoms in total. The van der Waals surface area contributed by atoms with Crippen molar-refractivity contribution in [2.75, 3.05) is 5.32 Å². The number of hydrogen-bond acceptors (Lipinski definition) is 5. The molecule has 22 heavy (non-hydrogen) atoms. The van der Waals surface area contributed by atoms with Gasteiger partial charge in [-0.2, -0.15) is 0 Å². The topological polar surface area (TPSA) is 115 Å². The van der Waals surface area contributed by atoms with Gasteiger partial charge < -0.3 is 5.32 Å². The summed E-state index contributed by atoms with van der Waals surface area (Å²) < 4.78 is 13.0. The Kier molecular flexibility index (Phi) is 4.07. The Morgan fingerprint density at radius 2 is 1.77 bits per heavy atom. The number of carbonyl (C=O) groups is 1. The number of carbonyl (C=O) groups excluding carboxylic acids is 1. The summed E-state index contributed by atoms with van der Waals surface area (Å²) in [4.78, 5) is 31.9. The summed E-state index contributed by atoms with van der Waals surface area (Å²) in [6, 6.07) is 7.62. The first-order chi connectivity index (χ1) is 10.4. The van der Waals surface area contributed by atoms with Crippen LogP contribution in [0.15, 0.2) is 42.5 Å². The van der Waals surface area contributed by atoms with E-state index in [2.05, 4.69) is 5.32 Å². The van der Waals surface area contributed by atoms with Crippen LogP contribution in [0.1, 0.15) is 10.4 Å². The summed E-state index contributed by atoms with van der Waals surface area (Å²) in [7, 11) is 0. The molecule has 0 unspecified atom stereocenters. The number of non-ortho nitro benzene ring substituents is 1. The van der Waals surface area contributed by atoms with Crippen molar-refractivity contribution in [3.63, 3.8) is 0 Å². The van der Waals surface area contributed by atoms with E-state index in [1.165, 1.54) is 18.2 Å². The molecule has 0 bridgehead atoms. The van der Waals surface area contributed by atoms with Gasteiger partial charge in [-0.1, -0.05) is 6.07 Å². The normalized spacial score (nSPS) is 10.0. The highest BCUT2D eigenvalue weighted by Crippen LogP contribution is 2.25. The van der Waals surface area contributed by atoms with Crippen LogP contribution in [0.2, 0.25) is 0 Å². The molecule has 0 saturated heterocycles. The molecule has 9 heteroatoms. The van der Waals surface area contributed by atoms with Crippen LogP contribution in [0.25, 0.3) is 0 Å². The number of halogens is 1. The van der Waals surface area contributed by atoms with Crippen LogP contribution in [0, 0.1) is 26.0 Å². The van der Waals surface area contributed by atoms with Gasteiger partial charge in [-0.05, 0) is 24.3 Å². The summed E-state index contributed by atoms with van der Waals surface area (Å²) in [6.45, 7) is 0. The minimum Gasteiger partial charge on any atom is -0.322 e. The third-order valence-corrected chi connectivity index (χ3v) is 2.72. The van der Waals surface area contributed by atoms with Crippen LogP contribution in [-0.4, -0.2) is 15.8 Å². The fraction of sp³-hybridized carbons (Fsp3) is 0. The van der Waals surface area contributed by atoms with E-state index in [4.69, 9.17) is 0 Å². The van der Waals surface area contributed by atoms with Crippen LogP contribution < -0.4 is 5.32 Å². The van der Waals surface area contributed by atoms with E-state index in [0.29, 0.717) is 6.07 Å². The summed E-state index contributed by atoms with van der Waals surface area (Å²) in [5.41, 5.74) is -1.46. The number of benzene rings is 2. The van der Waals surface area contributed by atoms with Crippen molar-refractivity contribution in [2.24, 2.45) is 0 Å². The second-order valence-corrected chi connectivity index (χ2v) is 4.18. The first-order valence-corrected chi connectivity index (χ1v) is 5.88. The average molecular weight is 305 g/mol. The standard InChI is InChI=1S/C13H8FN3O5/c14-8-2-1-3-9(6-8)15-13(18)11-5-4-10(16(19)20)7-12(11)17(21)22/h1-7H,(H,15,18). The van der Waals surface area contributed by atoms with Gasteiger partial charge in [-0.25, -0.2) is 4.39 Å². The fourth-order valence-corrected chi connectivity index (χ4v) is 1.74.